The molecule has 3 N–H and O–H groups in total. The van der Waals surface area contributed by atoms with Gasteiger partial charge in [0.05, 0.1) is 0 Å². The molecule has 0 unspecified atom stereocenters. The van der Waals surface area contributed by atoms with Gasteiger partial charge < -0.3 is 15.7 Å². The van der Waals surface area contributed by atoms with Crippen molar-refractivity contribution in [2.24, 2.45) is 0 Å². The lowest BCUT2D eigenvalue weighted by Crippen LogP contribution is -2.19. The van der Waals surface area contributed by atoms with Crippen LogP contribution in [0.1, 0.15) is 24.8 Å². The molecule has 0 saturated carbocycles. The standard InChI is InChI=1S/C13H16N2O3/c16-12-6-3-9-8-10(4-5-11(9)15-12)14-7-1-2-13(17)18/h4-5,8,14H,1-3,6-7H2,(H,15,16)(H,17,18). The van der Waals surface area contributed by atoms with Crippen molar-refractivity contribution in [2.75, 3.05) is 17.2 Å². The minimum absolute atomic E-state index is 0.0599. The summed E-state index contributed by atoms with van der Waals surface area (Å²) in [7, 11) is 0. The van der Waals surface area contributed by atoms with Gasteiger partial charge in [0.2, 0.25) is 5.91 Å². The number of fused-ring (bicyclic) bond motifs is 1. The number of nitrogens with one attached hydrogen (secondary N) is 2. The van der Waals surface area contributed by atoms with E-state index in [4.69, 9.17) is 5.11 Å². The van der Waals surface area contributed by atoms with Gasteiger partial charge in [-0.05, 0) is 36.6 Å². The normalized spacial score (nSPS) is 13.7. The zero-order chi connectivity index (χ0) is 13.0. The third-order valence-corrected chi connectivity index (χ3v) is 2.90. The molecule has 1 aromatic rings. The van der Waals surface area contributed by atoms with Crippen LogP contribution in [0.5, 0.6) is 0 Å². The number of carbonyl (C=O) groups excluding carboxylic acids is 1. The van der Waals surface area contributed by atoms with Crippen LogP contribution < -0.4 is 10.6 Å². The number of aliphatic carboxylic acids is 1. The Labute approximate surface area is 105 Å². The van der Waals surface area contributed by atoms with E-state index >= 15 is 0 Å². The maximum atomic E-state index is 11.2. The van der Waals surface area contributed by atoms with E-state index in [1.165, 1.54) is 0 Å². The van der Waals surface area contributed by atoms with Gasteiger partial charge in [-0.3, -0.25) is 9.59 Å². The van der Waals surface area contributed by atoms with Crippen molar-refractivity contribution in [1.82, 2.24) is 0 Å². The molecular formula is C13H16N2O3. The van der Waals surface area contributed by atoms with Crippen molar-refractivity contribution < 1.29 is 14.7 Å². The molecule has 18 heavy (non-hydrogen) atoms. The van der Waals surface area contributed by atoms with Crippen LogP contribution in [-0.2, 0) is 16.0 Å². The lowest BCUT2D eigenvalue weighted by atomic mass is 10.0. The molecule has 0 saturated heterocycles. The summed E-state index contributed by atoms with van der Waals surface area (Å²) in [5, 5.41) is 14.5. The Kier molecular flexibility index (Phi) is 3.82. The molecule has 0 atom stereocenters. The average Bonchev–Trinajstić information content (AvgIpc) is 2.34. The highest BCUT2D eigenvalue weighted by Gasteiger charge is 2.14. The number of carbonyl (C=O) groups is 2. The van der Waals surface area contributed by atoms with Crippen molar-refractivity contribution in [3.63, 3.8) is 0 Å². The monoisotopic (exact) mass is 248 g/mol. The molecule has 1 aliphatic heterocycles. The molecular weight excluding hydrogens is 232 g/mol. The Morgan fingerprint density at radius 3 is 3.00 bits per heavy atom. The molecule has 0 bridgehead atoms. The molecule has 0 aromatic heterocycles. The lowest BCUT2D eigenvalue weighted by molar-refractivity contribution is -0.137. The first-order valence-electron chi connectivity index (χ1n) is 6.03. The van der Waals surface area contributed by atoms with Crippen molar-refractivity contribution in [3.8, 4) is 0 Å². The highest BCUT2D eigenvalue weighted by atomic mass is 16.4. The largest absolute Gasteiger partial charge is 0.481 e. The molecule has 96 valence electrons. The summed E-state index contributed by atoms with van der Waals surface area (Å²) in [4.78, 5) is 21.6. The molecule has 0 aliphatic carbocycles. The third kappa shape index (κ3) is 3.23. The number of amides is 1. The van der Waals surface area contributed by atoms with Crippen LogP contribution in [0.15, 0.2) is 18.2 Å². The van der Waals surface area contributed by atoms with Crippen molar-refractivity contribution >= 4 is 23.3 Å². The SMILES string of the molecule is O=C(O)CCCNc1ccc2c(c1)CCC(=O)N2. The molecule has 2 rings (SSSR count). The number of carboxylic acids is 1. The van der Waals surface area contributed by atoms with Gasteiger partial charge in [0.25, 0.3) is 0 Å². The molecule has 0 radical (unpaired) electrons. The van der Waals surface area contributed by atoms with Gasteiger partial charge in [0, 0.05) is 30.8 Å². The maximum absolute atomic E-state index is 11.2. The summed E-state index contributed by atoms with van der Waals surface area (Å²) < 4.78 is 0. The zero-order valence-electron chi connectivity index (χ0n) is 10.0. The van der Waals surface area contributed by atoms with E-state index in [-0.39, 0.29) is 12.3 Å². The summed E-state index contributed by atoms with van der Waals surface area (Å²) in [6.07, 6.45) is 2.05. The highest BCUT2D eigenvalue weighted by molar-refractivity contribution is 5.94. The first kappa shape index (κ1) is 12.4. The van der Waals surface area contributed by atoms with Gasteiger partial charge in [0.15, 0.2) is 0 Å². The first-order valence-corrected chi connectivity index (χ1v) is 6.03. The smallest absolute Gasteiger partial charge is 0.303 e. The third-order valence-electron chi connectivity index (χ3n) is 2.90. The molecule has 1 heterocycles. The van der Waals surface area contributed by atoms with Crippen molar-refractivity contribution in [2.45, 2.75) is 25.7 Å². The minimum Gasteiger partial charge on any atom is -0.481 e. The van der Waals surface area contributed by atoms with Gasteiger partial charge in [-0.15, -0.1) is 0 Å². The summed E-state index contributed by atoms with van der Waals surface area (Å²) in [6.45, 7) is 0.636. The van der Waals surface area contributed by atoms with E-state index in [0.717, 1.165) is 23.4 Å². The highest BCUT2D eigenvalue weighted by Crippen LogP contribution is 2.25. The van der Waals surface area contributed by atoms with E-state index in [1.54, 1.807) is 0 Å². The Hall–Kier alpha value is -2.04. The summed E-state index contributed by atoms with van der Waals surface area (Å²) >= 11 is 0. The van der Waals surface area contributed by atoms with Gasteiger partial charge in [-0.2, -0.15) is 0 Å². The van der Waals surface area contributed by atoms with Gasteiger partial charge in [-0.1, -0.05) is 0 Å². The van der Waals surface area contributed by atoms with E-state index < -0.39 is 5.97 Å². The molecule has 0 fully saturated rings. The van der Waals surface area contributed by atoms with E-state index in [9.17, 15) is 9.59 Å². The minimum atomic E-state index is -0.773. The predicted octanol–water partition coefficient (Wildman–Crippen LogP) is 1.85. The molecule has 1 aromatic carbocycles. The fourth-order valence-corrected chi connectivity index (χ4v) is 1.97. The fraction of sp³-hybridized carbons (Fsp3) is 0.385. The predicted molar refractivity (Wildman–Crippen MR) is 68.8 cm³/mol. The van der Waals surface area contributed by atoms with Crippen LogP contribution in [0.4, 0.5) is 11.4 Å². The summed E-state index contributed by atoms with van der Waals surface area (Å²) in [5.74, 6) is -0.713. The van der Waals surface area contributed by atoms with Crippen LogP contribution >= 0.6 is 0 Å². The second-order valence-corrected chi connectivity index (χ2v) is 4.34. The zero-order valence-corrected chi connectivity index (χ0v) is 10.0. The Morgan fingerprint density at radius 1 is 1.39 bits per heavy atom. The fourth-order valence-electron chi connectivity index (χ4n) is 1.97. The van der Waals surface area contributed by atoms with Crippen LogP contribution in [0.2, 0.25) is 0 Å². The first-order chi connectivity index (χ1) is 8.65. The second kappa shape index (κ2) is 5.53. The Balaban J connectivity index is 1.91. The number of rotatable bonds is 5. The molecule has 5 nitrogen and oxygen atoms in total. The van der Waals surface area contributed by atoms with E-state index in [2.05, 4.69) is 10.6 Å². The number of benzene rings is 1. The molecule has 1 amide bonds. The number of hydrogen-bond acceptors (Lipinski definition) is 3. The number of carboxylic acid groups (broad SMARTS) is 1. The molecule has 5 heteroatoms. The number of hydrogen-bond donors (Lipinski definition) is 3. The molecule has 1 aliphatic rings. The Morgan fingerprint density at radius 2 is 2.22 bits per heavy atom. The van der Waals surface area contributed by atoms with Crippen molar-refractivity contribution in [3.05, 3.63) is 23.8 Å². The van der Waals surface area contributed by atoms with Crippen LogP contribution in [0.3, 0.4) is 0 Å². The lowest BCUT2D eigenvalue weighted by Gasteiger charge is -2.18. The average molecular weight is 248 g/mol. The van der Waals surface area contributed by atoms with Gasteiger partial charge >= 0.3 is 5.97 Å². The van der Waals surface area contributed by atoms with E-state index in [1.807, 2.05) is 18.2 Å². The quantitative estimate of drug-likeness (QED) is 0.695. The topological polar surface area (TPSA) is 78.4 Å². The van der Waals surface area contributed by atoms with Crippen molar-refractivity contribution in [1.29, 1.82) is 0 Å². The number of aryl methyl sites for hydroxylation is 1. The van der Waals surface area contributed by atoms with Gasteiger partial charge in [-0.25, -0.2) is 0 Å². The Bertz CT molecular complexity index is 471. The molecule has 0 spiro atoms. The van der Waals surface area contributed by atoms with Crippen LogP contribution in [-0.4, -0.2) is 23.5 Å². The number of anilines is 2. The summed E-state index contributed by atoms with van der Waals surface area (Å²) in [5.41, 5.74) is 2.97. The van der Waals surface area contributed by atoms with Crippen LogP contribution in [0, 0.1) is 0 Å². The maximum Gasteiger partial charge on any atom is 0.303 e. The van der Waals surface area contributed by atoms with E-state index in [0.29, 0.717) is 19.4 Å². The van der Waals surface area contributed by atoms with Crippen LogP contribution in [0.25, 0.3) is 0 Å². The second-order valence-electron chi connectivity index (χ2n) is 4.34. The summed E-state index contributed by atoms with van der Waals surface area (Å²) in [6, 6.07) is 5.78. The van der Waals surface area contributed by atoms with Gasteiger partial charge in [0.1, 0.15) is 0 Å².